The molecule has 0 amide bonds. The van der Waals surface area contributed by atoms with Crippen molar-refractivity contribution in [3.8, 4) is 5.75 Å². The van der Waals surface area contributed by atoms with Crippen LogP contribution in [-0.2, 0) is 17.6 Å². The summed E-state index contributed by atoms with van der Waals surface area (Å²) >= 11 is 0. The van der Waals surface area contributed by atoms with Gasteiger partial charge < -0.3 is 9.84 Å². The number of aliphatic carboxylic acids is 1. The molecule has 0 radical (unpaired) electrons. The van der Waals surface area contributed by atoms with E-state index in [2.05, 4.69) is 12.1 Å². The van der Waals surface area contributed by atoms with E-state index in [1.807, 2.05) is 42.5 Å². The predicted octanol–water partition coefficient (Wildman–Crippen LogP) is 2.94. The molecule has 98 valence electrons. The van der Waals surface area contributed by atoms with E-state index < -0.39 is 5.97 Å². The van der Waals surface area contributed by atoms with Crippen molar-refractivity contribution in [1.82, 2.24) is 0 Å². The molecule has 0 aliphatic rings. The minimum Gasteiger partial charge on any atom is -0.482 e. The second-order valence-corrected chi connectivity index (χ2v) is 4.28. The molecular formula is C16H16O3. The van der Waals surface area contributed by atoms with E-state index in [0.717, 1.165) is 18.4 Å². The van der Waals surface area contributed by atoms with Crippen LogP contribution in [0.1, 0.15) is 11.1 Å². The summed E-state index contributed by atoms with van der Waals surface area (Å²) in [7, 11) is 0. The quantitative estimate of drug-likeness (QED) is 0.864. The van der Waals surface area contributed by atoms with Crippen LogP contribution in [0.25, 0.3) is 0 Å². The summed E-state index contributed by atoms with van der Waals surface area (Å²) in [4.78, 5) is 10.5. The van der Waals surface area contributed by atoms with E-state index in [9.17, 15) is 4.79 Å². The molecule has 0 fully saturated rings. The Kier molecular flexibility index (Phi) is 4.56. The third-order valence-electron chi connectivity index (χ3n) is 2.85. The number of carbonyl (C=O) groups is 1. The molecule has 0 bridgehead atoms. The van der Waals surface area contributed by atoms with Crippen molar-refractivity contribution in [2.24, 2.45) is 0 Å². The minimum atomic E-state index is -0.960. The Bertz CT molecular complexity index is 535. The van der Waals surface area contributed by atoms with Gasteiger partial charge in [0.15, 0.2) is 6.61 Å². The van der Waals surface area contributed by atoms with Crippen LogP contribution in [0.4, 0.5) is 0 Å². The highest BCUT2D eigenvalue weighted by atomic mass is 16.5. The molecule has 1 N–H and O–H groups in total. The van der Waals surface area contributed by atoms with Gasteiger partial charge in [0.2, 0.25) is 0 Å². The molecule has 0 saturated carbocycles. The molecule has 0 unspecified atom stereocenters. The number of carboxylic acid groups (broad SMARTS) is 1. The van der Waals surface area contributed by atoms with Gasteiger partial charge in [-0.15, -0.1) is 0 Å². The van der Waals surface area contributed by atoms with Crippen LogP contribution in [-0.4, -0.2) is 17.7 Å². The second kappa shape index (κ2) is 6.59. The highest BCUT2D eigenvalue weighted by Gasteiger charge is 2.05. The summed E-state index contributed by atoms with van der Waals surface area (Å²) in [6.07, 6.45) is 1.74. The van der Waals surface area contributed by atoms with Crippen molar-refractivity contribution in [1.29, 1.82) is 0 Å². The summed E-state index contributed by atoms with van der Waals surface area (Å²) in [6.45, 7) is -0.303. The number of hydrogen-bond donors (Lipinski definition) is 1. The van der Waals surface area contributed by atoms with Crippen LogP contribution >= 0.6 is 0 Å². The van der Waals surface area contributed by atoms with Gasteiger partial charge >= 0.3 is 5.97 Å². The van der Waals surface area contributed by atoms with E-state index in [4.69, 9.17) is 9.84 Å². The molecule has 0 aliphatic carbocycles. The fourth-order valence-corrected chi connectivity index (χ4v) is 1.91. The molecule has 0 spiro atoms. The summed E-state index contributed by atoms with van der Waals surface area (Å²) in [6, 6.07) is 17.8. The van der Waals surface area contributed by atoms with Crippen molar-refractivity contribution in [3.05, 3.63) is 65.7 Å². The maximum atomic E-state index is 10.5. The summed E-state index contributed by atoms with van der Waals surface area (Å²) in [5.41, 5.74) is 2.29. The molecule has 0 saturated heterocycles. The lowest BCUT2D eigenvalue weighted by atomic mass is 10.0. The lowest BCUT2D eigenvalue weighted by Crippen LogP contribution is -2.10. The molecule has 3 nitrogen and oxygen atoms in total. The van der Waals surface area contributed by atoms with Crippen LogP contribution in [0.15, 0.2) is 54.6 Å². The zero-order valence-electron chi connectivity index (χ0n) is 10.6. The van der Waals surface area contributed by atoms with Crippen LogP contribution in [0, 0.1) is 0 Å². The fraction of sp³-hybridized carbons (Fsp3) is 0.188. The van der Waals surface area contributed by atoms with Crippen LogP contribution in [0.5, 0.6) is 5.75 Å². The highest BCUT2D eigenvalue weighted by molar-refractivity contribution is 5.68. The molecule has 19 heavy (non-hydrogen) atoms. The Hall–Kier alpha value is -2.29. The second-order valence-electron chi connectivity index (χ2n) is 4.28. The van der Waals surface area contributed by atoms with E-state index in [1.54, 1.807) is 0 Å². The number of carboxylic acids is 1. The molecule has 2 rings (SSSR count). The van der Waals surface area contributed by atoms with Crippen LogP contribution < -0.4 is 4.74 Å². The number of para-hydroxylation sites is 1. The fourth-order valence-electron chi connectivity index (χ4n) is 1.91. The van der Waals surface area contributed by atoms with Crippen molar-refractivity contribution >= 4 is 5.97 Å². The monoisotopic (exact) mass is 256 g/mol. The van der Waals surface area contributed by atoms with Gasteiger partial charge in [-0.1, -0.05) is 48.5 Å². The number of ether oxygens (including phenoxy) is 1. The predicted molar refractivity (Wildman–Crippen MR) is 73.4 cm³/mol. The van der Waals surface area contributed by atoms with E-state index in [1.165, 1.54) is 5.56 Å². The minimum absolute atomic E-state index is 0.303. The highest BCUT2D eigenvalue weighted by Crippen LogP contribution is 2.20. The maximum Gasteiger partial charge on any atom is 0.341 e. The first-order valence-corrected chi connectivity index (χ1v) is 6.22. The van der Waals surface area contributed by atoms with Gasteiger partial charge in [0.25, 0.3) is 0 Å². The molecule has 2 aromatic rings. The third-order valence-corrected chi connectivity index (χ3v) is 2.85. The first-order valence-electron chi connectivity index (χ1n) is 6.22. The largest absolute Gasteiger partial charge is 0.482 e. The van der Waals surface area contributed by atoms with E-state index in [0.29, 0.717) is 5.75 Å². The van der Waals surface area contributed by atoms with E-state index >= 15 is 0 Å². The van der Waals surface area contributed by atoms with Gasteiger partial charge in [0, 0.05) is 0 Å². The molecule has 0 atom stereocenters. The topological polar surface area (TPSA) is 46.5 Å². The van der Waals surface area contributed by atoms with Gasteiger partial charge in [-0.3, -0.25) is 0 Å². The van der Waals surface area contributed by atoms with Gasteiger partial charge in [-0.2, -0.15) is 0 Å². The molecule has 0 aromatic heterocycles. The molecule has 0 heterocycles. The van der Waals surface area contributed by atoms with Crippen molar-refractivity contribution in [2.45, 2.75) is 12.8 Å². The number of rotatable bonds is 6. The Labute approximate surface area is 112 Å². The SMILES string of the molecule is O=C(O)COc1ccccc1CCc1ccccc1. The van der Waals surface area contributed by atoms with Gasteiger partial charge in [0.1, 0.15) is 5.75 Å². The number of benzene rings is 2. The number of aryl methyl sites for hydroxylation is 2. The van der Waals surface area contributed by atoms with Crippen molar-refractivity contribution < 1.29 is 14.6 Å². The summed E-state index contributed by atoms with van der Waals surface area (Å²) < 4.78 is 5.29. The standard InChI is InChI=1S/C16H16O3/c17-16(18)12-19-15-9-5-4-8-14(15)11-10-13-6-2-1-3-7-13/h1-9H,10-12H2,(H,17,18). The Morgan fingerprint density at radius 1 is 0.947 bits per heavy atom. The summed E-state index contributed by atoms with van der Waals surface area (Å²) in [5.74, 6) is -0.307. The van der Waals surface area contributed by atoms with Crippen LogP contribution in [0.2, 0.25) is 0 Å². The first-order chi connectivity index (χ1) is 9.25. The van der Waals surface area contributed by atoms with E-state index in [-0.39, 0.29) is 6.61 Å². The molecule has 2 aromatic carbocycles. The third kappa shape index (κ3) is 4.14. The van der Waals surface area contributed by atoms with Gasteiger partial charge in [-0.25, -0.2) is 4.79 Å². The molecule has 0 aliphatic heterocycles. The van der Waals surface area contributed by atoms with Crippen molar-refractivity contribution in [2.75, 3.05) is 6.61 Å². The average molecular weight is 256 g/mol. The zero-order valence-corrected chi connectivity index (χ0v) is 10.6. The number of hydrogen-bond acceptors (Lipinski definition) is 2. The van der Waals surface area contributed by atoms with Gasteiger partial charge in [-0.05, 0) is 30.0 Å². The van der Waals surface area contributed by atoms with Crippen LogP contribution in [0.3, 0.4) is 0 Å². The average Bonchev–Trinajstić information content (AvgIpc) is 2.45. The normalized spacial score (nSPS) is 10.1. The molecular weight excluding hydrogens is 240 g/mol. The zero-order chi connectivity index (χ0) is 13.5. The first kappa shape index (κ1) is 13.1. The molecule has 3 heteroatoms. The van der Waals surface area contributed by atoms with Crippen molar-refractivity contribution in [3.63, 3.8) is 0 Å². The maximum absolute atomic E-state index is 10.5. The Balaban J connectivity index is 2.01. The van der Waals surface area contributed by atoms with Gasteiger partial charge in [0.05, 0.1) is 0 Å². The Morgan fingerprint density at radius 2 is 1.63 bits per heavy atom. The smallest absolute Gasteiger partial charge is 0.341 e. The Morgan fingerprint density at radius 3 is 2.37 bits per heavy atom. The lowest BCUT2D eigenvalue weighted by Gasteiger charge is -2.09. The summed E-state index contributed by atoms with van der Waals surface area (Å²) in [5, 5.41) is 8.65. The lowest BCUT2D eigenvalue weighted by molar-refractivity contribution is -0.139.